The fourth-order valence-corrected chi connectivity index (χ4v) is 2.90. The monoisotopic (exact) mass is 294 g/mol. The van der Waals surface area contributed by atoms with Gasteiger partial charge in [0.05, 0.1) is 0 Å². The van der Waals surface area contributed by atoms with E-state index in [1.54, 1.807) is 18.2 Å². The van der Waals surface area contributed by atoms with Gasteiger partial charge >= 0.3 is 0 Å². The SMILES string of the molecule is Cc1cc(C)c(C(O)c2cc(Cl)ccc2Cl)c(C)c1. The molecule has 0 saturated carbocycles. The molecule has 2 aromatic rings. The molecule has 0 aliphatic rings. The maximum Gasteiger partial charge on any atom is 0.106 e. The summed E-state index contributed by atoms with van der Waals surface area (Å²) in [7, 11) is 0. The first-order chi connectivity index (χ1) is 8.90. The first-order valence-electron chi connectivity index (χ1n) is 6.11. The summed E-state index contributed by atoms with van der Waals surface area (Å²) >= 11 is 12.1. The minimum atomic E-state index is -0.758. The van der Waals surface area contributed by atoms with Gasteiger partial charge in [0.2, 0.25) is 0 Å². The standard InChI is InChI=1S/C16H16Cl2O/c1-9-6-10(2)15(11(3)7-9)16(19)13-8-12(17)4-5-14(13)18/h4-8,16,19H,1-3H3. The fourth-order valence-electron chi connectivity index (χ4n) is 2.50. The number of hydrogen-bond donors (Lipinski definition) is 1. The lowest BCUT2D eigenvalue weighted by molar-refractivity contribution is 0.219. The first-order valence-corrected chi connectivity index (χ1v) is 6.86. The van der Waals surface area contributed by atoms with Crippen LogP contribution in [0.15, 0.2) is 30.3 Å². The molecule has 0 aromatic heterocycles. The molecular formula is C16H16Cl2O. The molecule has 1 N–H and O–H groups in total. The minimum Gasteiger partial charge on any atom is -0.384 e. The van der Waals surface area contributed by atoms with Crippen LogP contribution in [-0.4, -0.2) is 5.11 Å². The number of hydrogen-bond acceptors (Lipinski definition) is 1. The van der Waals surface area contributed by atoms with Gasteiger partial charge in [0.15, 0.2) is 0 Å². The van der Waals surface area contributed by atoms with Crippen molar-refractivity contribution in [3.8, 4) is 0 Å². The molecule has 1 nitrogen and oxygen atoms in total. The number of aryl methyl sites for hydroxylation is 3. The highest BCUT2D eigenvalue weighted by Crippen LogP contribution is 2.34. The van der Waals surface area contributed by atoms with E-state index in [9.17, 15) is 5.11 Å². The summed E-state index contributed by atoms with van der Waals surface area (Å²) in [6, 6.07) is 9.26. The molecule has 2 aromatic carbocycles. The molecule has 1 atom stereocenters. The van der Waals surface area contributed by atoms with Gasteiger partial charge in [0, 0.05) is 15.6 Å². The van der Waals surface area contributed by atoms with E-state index in [2.05, 4.69) is 12.1 Å². The van der Waals surface area contributed by atoms with Crippen LogP contribution >= 0.6 is 23.2 Å². The molecule has 0 heterocycles. The van der Waals surface area contributed by atoms with Gasteiger partial charge in [-0.1, -0.05) is 40.9 Å². The van der Waals surface area contributed by atoms with Gasteiger partial charge in [0.1, 0.15) is 6.10 Å². The van der Waals surface area contributed by atoms with Gasteiger partial charge < -0.3 is 5.11 Å². The number of aliphatic hydroxyl groups is 1. The second-order valence-corrected chi connectivity index (χ2v) is 5.72. The Kier molecular flexibility index (Phi) is 4.19. The molecule has 3 heteroatoms. The van der Waals surface area contributed by atoms with Crippen molar-refractivity contribution >= 4 is 23.2 Å². The lowest BCUT2D eigenvalue weighted by Gasteiger charge is -2.19. The second kappa shape index (κ2) is 5.54. The summed E-state index contributed by atoms with van der Waals surface area (Å²) in [6.07, 6.45) is -0.758. The zero-order valence-corrected chi connectivity index (χ0v) is 12.7. The van der Waals surface area contributed by atoms with E-state index in [1.807, 2.05) is 20.8 Å². The third-order valence-corrected chi connectivity index (χ3v) is 3.84. The highest BCUT2D eigenvalue weighted by molar-refractivity contribution is 6.33. The van der Waals surface area contributed by atoms with Crippen molar-refractivity contribution in [2.45, 2.75) is 26.9 Å². The van der Waals surface area contributed by atoms with Gasteiger partial charge in [-0.3, -0.25) is 0 Å². The molecule has 0 aliphatic carbocycles. The summed E-state index contributed by atoms with van der Waals surface area (Å²) in [6.45, 7) is 6.04. The maximum absolute atomic E-state index is 10.6. The van der Waals surface area contributed by atoms with Gasteiger partial charge in [0.25, 0.3) is 0 Å². The Morgan fingerprint density at radius 1 is 0.947 bits per heavy atom. The third kappa shape index (κ3) is 2.94. The lowest BCUT2D eigenvalue weighted by atomic mass is 9.92. The van der Waals surface area contributed by atoms with Crippen molar-refractivity contribution < 1.29 is 5.11 Å². The van der Waals surface area contributed by atoms with Crippen LogP contribution < -0.4 is 0 Å². The minimum absolute atomic E-state index is 0.524. The molecule has 100 valence electrons. The number of aliphatic hydroxyl groups excluding tert-OH is 1. The Hall–Kier alpha value is -1.02. The van der Waals surface area contributed by atoms with Gasteiger partial charge in [-0.25, -0.2) is 0 Å². The highest BCUT2D eigenvalue weighted by atomic mass is 35.5. The molecule has 0 aliphatic heterocycles. The van der Waals surface area contributed by atoms with Gasteiger partial charge in [-0.2, -0.15) is 0 Å². The van der Waals surface area contributed by atoms with Crippen LogP contribution in [0.5, 0.6) is 0 Å². The molecule has 0 radical (unpaired) electrons. The van der Waals surface area contributed by atoms with E-state index >= 15 is 0 Å². The predicted molar refractivity (Wildman–Crippen MR) is 81.2 cm³/mol. The van der Waals surface area contributed by atoms with E-state index < -0.39 is 6.10 Å². The molecule has 2 rings (SSSR count). The summed E-state index contributed by atoms with van der Waals surface area (Å²) in [5, 5.41) is 11.7. The van der Waals surface area contributed by atoms with Crippen LogP contribution in [0.1, 0.15) is 33.9 Å². The van der Waals surface area contributed by atoms with E-state index in [1.165, 1.54) is 5.56 Å². The summed E-state index contributed by atoms with van der Waals surface area (Å²) < 4.78 is 0. The predicted octanol–water partition coefficient (Wildman–Crippen LogP) is 5.00. The Morgan fingerprint density at radius 3 is 2.11 bits per heavy atom. The molecule has 0 fully saturated rings. The van der Waals surface area contributed by atoms with Crippen LogP contribution in [-0.2, 0) is 0 Å². The van der Waals surface area contributed by atoms with Crippen LogP contribution in [0.4, 0.5) is 0 Å². The molecule has 0 saturated heterocycles. The third-order valence-electron chi connectivity index (χ3n) is 3.26. The number of benzene rings is 2. The summed E-state index contributed by atoms with van der Waals surface area (Å²) in [5.74, 6) is 0. The van der Waals surface area contributed by atoms with E-state index in [-0.39, 0.29) is 0 Å². The largest absolute Gasteiger partial charge is 0.384 e. The van der Waals surface area contributed by atoms with E-state index in [4.69, 9.17) is 23.2 Å². The Labute approximate surface area is 123 Å². The van der Waals surface area contributed by atoms with Crippen LogP contribution in [0.3, 0.4) is 0 Å². The summed E-state index contributed by atoms with van der Waals surface area (Å²) in [4.78, 5) is 0. The summed E-state index contributed by atoms with van der Waals surface area (Å²) in [5.41, 5.74) is 4.84. The van der Waals surface area contributed by atoms with Gasteiger partial charge in [-0.15, -0.1) is 0 Å². The average molecular weight is 295 g/mol. The van der Waals surface area contributed by atoms with Crippen molar-refractivity contribution in [3.63, 3.8) is 0 Å². The average Bonchev–Trinajstić information content (AvgIpc) is 2.30. The van der Waals surface area contributed by atoms with Crippen LogP contribution in [0.2, 0.25) is 10.0 Å². The molecule has 19 heavy (non-hydrogen) atoms. The molecular weight excluding hydrogens is 279 g/mol. The van der Waals surface area contributed by atoms with Crippen molar-refractivity contribution in [3.05, 3.63) is 68.2 Å². The van der Waals surface area contributed by atoms with Crippen molar-refractivity contribution in [2.24, 2.45) is 0 Å². The van der Waals surface area contributed by atoms with Crippen molar-refractivity contribution in [1.29, 1.82) is 0 Å². The zero-order valence-electron chi connectivity index (χ0n) is 11.2. The normalized spacial score (nSPS) is 12.5. The maximum atomic E-state index is 10.6. The zero-order chi connectivity index (χ0) is 14.2. The van der Waals surface area contributed by atoms with Gasteiger partial charge in [-0.05, 0) is 55.7 Å². The Bertz CT molecular complexity index is 597. The first kappa shape index (κ1) is 14.4. The van der Waals surface area contributed by atoms with Crippen LogP contribution in [0, 0.1) is 20.8 Å². The fraction of sp³-hybridized carbons (Fsp3) is 0.250. The molecule has 0 bridgehead atoms. The smallest absolute Gasteiger partial charge is 0.106 e. The molecule has 1 unspecified atom stereocenters. The lowest BCUT2D eigenvalue weighted by Crippen LogP contribution is -2.06. The molecule has 0 amide bonds. The molecule has 0 spiro atoms. The second-order valence-electron chi connectivity index (χ2n) is 4.88. The Balaban J connectivity index is 2.56. The number of halogens is 2. The highest BCUT2D eigenvalue weighted by Gasteiger charge is 2.18. The quantitative estimate of drug-likeness (QED) is 0.826. The topological polar surface area (TPSA) is 20.2 Å². The van der Waals surface area contributed by atoms with Crippen molar-refractivity contribution in [2.75, 3.05) is 0 Å². The number of rotatable bonds is 2. The van der Waals surface area contributed by atoms with E-state index in [0.29, 0.717) is 15.6 Å². The van der Waals surface area contributed by atoms with Crippen molar-refractivity contribution in [1.82, 2.24) is 0 Å². The van der Waals surface area contributed by atoms with E-state index in [0.717, 1.165) is 16.7 Å². The Morgan fingerprint density at radius 2 is 1.53 bits per heavy atom. The van der Waals surface area contributed by atoms with Crippen LogP contribution in [0.25, 0.3) is 0 Å².